The number of rotatable bonds is 5. The molecular weight excluding hydrogens is 348 g/mol. The van der Waals surface area contributed by atoms with Crippen molar-refractivity contribution in [3.63, 3.8) is 0 Å². The molecule has 5 nitrogen and oxygen atoms in total. The van der Waals surface area contributed by atoms with Gasteiger partial charge in [-0.15, -0.1) is 0 Å². The van der Waals surface area contributed by atoms with Gasteiger partial charge in [0.1, 0.15) is 6.10 Å². The highest BCUT2D eigenvalue weighted by Gasteiger charge is 2.25. The van der Waals surface area contributed by atoms with Crippen LogP contribution in [-0.4, -0.2) is 73.7 Å². The van der Waals surface area contributed by atoms with Gasteiger partial charge >= 0.3 is 0 Å². The molecule has 28 heavy (non-hydrogen) atoms. The Morgan fingerprint density at radius 2 is 1.68 bits per heavy atom. The zero-order valence-corrected chi connectivity index (χ0v) is 17.9. The molecule has 0 atom stereocenters. The van der Waals surface area contributed by atoms with E-state index >= 15 is 0 Å². The third kappa shape index (κ3) is 5.38. The maximum absolute atomic E-state index is 6.29. The first-order chi connectivity index (χ1) is 13.7. The first kappa shape index (κ1) is 20.0. The number of anilines is 1. The Morgan fingerprint density at radius 3 is 2.39 bits per heavy atom. The molecule has 1 aromatic rings. The summed E-state index contributed by atoms with van der Waals surface area (Å²) in [5.74, 6) is 2.55. The predicted molar refractivity (Wildman–Crippen MR) is 115 cm³/mol. The highest BCUT2D eigenvalue weighted by molar-refractivity contribution is 5.48. The normalized spacial score (nSPS) is 24.6. The van der Waals surface area contributed by atoms with Gasteiger partial charge in [0.25, 0.3) is 0 Å². The number of piperidine rings is 3. The van der Waals surface area contributed by atoms with Gasteiger partial charge in [-0.2, -0.15) is 0 Å². The van der Waals surface area contributed by atoms with E-state index in [1.807, 2.05) is 6.20 Å². The van der Waals surface area contributed by atoms with Crippen molar-refractivity contribution in [2.24, 2.45) is 11.8 Å². The molecule has 5 heteroatoms. The number of ether oxygens (including phenoxy) is 1. The van der Waals surface area contributed by atoms with Crippen molar-refractivity contribution in [3.05, 3.63) is 18.3 Å². The number of hydrogen-bond donors (Lipinski definition) is 0. The SMILES string of the molecule is CC1CCN(c2ccnc(OC3CCN(CC4CCN(C)CC4)CC3)c2)CC1. The number of aromatic nitrogens is 1. The van der Waals surface area contributed by atoms with Gasteiger partial charge in [-0.05, 0) is 76.6 Å². The quantitative estimate of drug-likeness (QED) is 0.773. The third-order valence-electron chi connectivity index (χ3n) is 7.04. The molecule has 3 aliphatic rings. The molecule has 0 aliphatic carbocycles. The van der Waals surface area contributed by atoms with E-state index in [0.717, 1.165) is 43.6 Å². The summed E-state index contributed by atoms with van der Waals surface area (Å²) >= 11 is 0. The minimum absolute atomic E-state index is 0.317. The summed E-state index contributed by atoms with van der Waals surface area (Å²) in [5, 5.41) is 0. The maximum atomic E-state index is 6.29. The topological polar surface area (TPSA) is 31.8 Å². The molecule has 0 unspecified atom stereocenters. The molecule has 0 spiro atoms. The van der Waals surface area contributed by atoms with E-state index in [1.165, 1.54) is 64.1 Å². The van der Waals surface area contributed by atoms with Crippen LogP contribution in [0, 0.1) is 11.8 Å². The molecule has 4 heterocycles. The molecule has 3 aliphatic heterocycles. The molecule has 156 valence electrons. The van der Waals surface area contributed by atoms with Crippen molar-refractivity contribution in [1.82, 2.24) is 14.8 Å². The first-order valence-corrected chi connectivity index (χ1v) is 11.4. The van der Waals surface area contributed by atoms with Gasteiger partial charge in [0, 0.05) is 50.7 Å². The van der Waals surface area contributed by atoms with Crippen molar-refractivity contribution in [3.8, 4) is 5.88 Å². The number of pyridine rings is 1. The molecule has 3 saturated heterocycles. The van der Waals surface area contributed by atoms with Gasteiger partial charge in [0.2, 0.25) is 5.88 Å². The lowest BCUT2D eigenvalue weighted by molar-refractivity contribution is 0.0783. The minimum Gasteiger partial charge on any atom is -0.474 e. The molecule has 0 amide bonds. The summed E-state index contributed by atoms with van der Waals surface area (Å²) < 4.78 is 6.29. The molecule has 0 bridgehead atoms. The second-order valence-corrected chi connectivity index (χ2v) is 9.39. The van der Waals surface area contributed by atoms with E-state index in [9.17, 15) is 0 Å². The number of likely N-dealkylation sites (tertiary alicyclic amines) is 2. The van der Waals surface area contributed by atoms with Crippen LogP contribution in [0.3, 0.4) is 0 Å². The molecule has 1 aromatic heterocycles. The Labute approximate surface area is 171 Å². The fourth-order valence-electron chi connectivity index (χ4n) is 4.92. The highest BCUT2D eigenvalue weighted by Crippen LogP contribution is 2.27. The molecule has 0 saturated carbocycles. The first-order valence-electron chi connectivity index (χ1n) is 11.4. The fraction of sp³-hybridized carbons (Fsp3) is 0.783. The standard InChI is InChI=1S/C23H38N4O/c1-19-4-15-27(16-5-19)21-3-10-24-23(17-21)28-22-8-13-26(14-9-22)18-20-6-11-25(2)12-7-20/h3,10,17,19-20,22H,4-9,11-16,18H2,1-2H3. The number of nitrogens with zero attached hydrogens (tertiary/aromatic N) is 4. The molecule has 0 aromatic carbocycles. The van der Waals surface area contributed by atoms with E-state index in [-0.39, 0.29) is 0 Å². The minimum atomic E-state index is 0.317. The highest BCUT2D eigenvalue weighted by atomic mass is 16.5. The van der Waals surface area contributed by atoms with E-state index in [1.54, 1.807) is 0 Å². The average molecular weight is 387 g/mol. The Balaban J connectivity index is 1.23. The van der Waals surface area contributed by atoms with E-state index < -0.39 is 0 Å². The maximum Gasteiger partial charge on any atom is 0.215 e. The Hall–Kier alpha value is -1.33. The summed E-state index contributed by atoms with van der Waals surface area (Å²) in [6.07, 6.45) is 9.77. The van der Waals surface area contributed by atoms with Crippen LogP contribution in [0.4, 0.5) is 5.69 Å². The van der Waals surface area contributed by atoms with Crippen LogP contribution in [-0.2, 0) is 0 Å². The van der Waals surface area contributed by atoms with Crippen LogP contribution in [0.1, 0.15) is 45.4 Å². The summed E-state index contributed by atoms with van der Waals surface area (Å²) in [6, 6.07) is 4.29. The van der Waals surface area contributed by atoms with Gasteiger partial charge in [0.15, 0.2) is 0 Å². The Kier molecular flexibility index (Phi) is 6.73. The summed E-state index contributed by atoms with van der Waals surface area (Å²) in [5.41, 5.74) is 1.27. The Morgan fingerprint density at radius 1 is 0.964 bits per heavy atom. The van der Waals surface area contributed by atoms with E-state index in [2.05, 4.69) is 45.8 Å². The van der Waals surface area contributed by atoms with Crippen LogP contribution in [0.5, 0.6) is 5.88 Å². The van der Waals surface area contributed by atoms with Crippen molar-refractivity contribution in [1.29, 1.82) is 0 Å². The van der Waals surface area contributed by atoms with Crippen LogP contribution >= 0.6 is 0 Å². The van der Waals surface area contributed by atoms with Crippen LogP contribution in [0.15, 0.2) is 18.3 Å². The molecule has 0 radical (unpaired) electrons. The second kappa shape index (κ2) is 9.45. The summed E-state index contributed by atoms with van der Waals surface area (Å²) in [7, 11) is 2.24. The lowest BCUT2D eigenvalue weighted by Crippen LogP contribution is -2.42. The van der Waals surface area contributed by atoms with E-state index in [4.69, 9.17) is 4.74 Å². The van der Waals surface area contributed by atoms with Gasteiger partial charge in [0.05, 0.1) is 0 Å². The number of hydrogen-bond acceptors (Lipinski definition) is 5. The lowest BCUT2D eigenvalue weighted by atomic mass is 9.95. The van der Waals surface area contributed by atoms with Gasteiger partial charge < -0.3 is 19.4 Å². The largest absolute Gasteiger partial charge is 0.474 e. The summed E-state index contributed by atoms with van der Waals surface area (Å²) in [6.45, 7) is 10.8. The zero-order valence-electron chi connectivity index (χ0n) is 17.9. The fourth-order valence-corrected chi connectivity index (χ4v) is 4.92. The predicted octanol–water partition coefficient (Wildman–Crippen LogP) is 3.50. The third-order valence-corrected chi connectivity index (χ3v) is 7.04. The van der Waals surface area contributed by atoms with Crippen molar-refractivity contribution >= 4 is 5.69 Å². The molecule has 3 fully saturated rings. The van der Waals surface area contributed by atoms with Crippen LogP contribution in [0.2, 0.25) is 0 Å². The van der Waals surface area contributed by atoms with Gasteiger partial charge in [-0.3, -0.25) is 0 Å². The van der Waals surface area contributed by atoms with Crippen molar-refractivity contribution in [2.75, 3.05) is 57.8 Å². The van der Waals surface area contributed by atoms with Crippen LogP contribution in [0.25, 0.3) is 0 Å². The molecule has 4 rings (SSSR count). The average Bonchev–Trinajstić information content (AvgIpc) is 2.72. The second-order valence-electron chi connectivity index (χ2n) is 9.39. The van der Waals surface area contributed by atoms with Crippen molar-refractivity contribution in [2.45, 2.75) is 51.6 Å². The summed E-state index contributed by atoms with van der Waals surface area (Å²) in [4.78, 5) is 12.1. The van der Waals surface area contributed by atoms with Crippen molar-refractivity contribution < 1.29 is 4.74 Å². The smallest absolute Gasteiger partial charge is 0.215 e. The van der Waals surface area contributed by atoms with Gasteiger partial charge in [-0.25, -0.2) is 4.98 Å². The van der Waals surface area contributed by atoms with Gasteiger partial charge in [-0.1, -0.05) is 6.92 Å². The van der Waals surface area contributed by atoms with Crippen LogP contribution < -0.4 is 9.64 Å². The molecular formula is C23H38N4O. The Bertz CT molecular complexity index is 600. The molecule has 0 N–H and O–H groups in total. The lowest BCUT2D eigenvalue weighted by Gasteiger charge is -2.36. The zero-order chi connectivity index (χ0) is 19.3. The van der Waals surface area contributed by atoms with E-state index in [0.29, 0.717) is 6.10 Å². The monoisotopic (exact) mass is 386 g/mol.